The van der Waals surface area contributed by atoms with Crippen molar-refractivity contribution >= 4 is 0 Å². The molecule has 1 aromatic carbocycles. The molecule has 18 heavy (non-hydrogen) atoms. The number of benzene rings is 1. The maximum absolute atomic E-state index is 3.47. The molecular formula is C16H26N2. The molecule has 2 heteroatoms. The summed E-state index contributed by atoms with van der Waals surface area (Å²) in [6.45, 7) is 6.93. The average molecular weight is 246 g/mol. The van der Waals surface area contributed by atoms with Crippen LogP contribution in [0.4, 0.5) is 0 Å². The summed E-state index contributed by atoms with van der Waals surface area (Å²) in [7, 11) is 2.29. The van der Waals surface area contributed by atoms with Gasteiger partial charge in [0.25, 0.3) is 0 Å². The van der Waals surface area contributed by atoms with Crippen LogP contribution in [0.1, 0.15) is 38.3 Å². The van der Waals surface area contributed by atoms with E-state index >= 15 is 0 Å². The molecule has 100 valence electrons. The van der Waals surface area contributed by atoms with Gasteiger partial charge in [-0.05, 0) is 37.9 Å². The van der Waals surface area contributed by atoms with E-state index in [1.165, 1.54) is 18.4 Å². The molecule has 2 unspecified atom stereocenters. The minimum atomic E-state index is 0.552. The molecule has 1 fully saturated rings. The topological polar surface area (TPSA) is 15.3 Å². The van der Waals surface area contributed by atoms with E-state index in [0.717, 1.165) is 19.0 Å². The van der Waals surface area contributed by atoms with Gasteiger partial charge in [-0.2, -0.15) is 0 Å². The lowest BCUT2D eigenvalue weighted by molar-refractivity contribution is 0.162. The summed E-state index contributed by atoms with van der Waals surface area (Å²) in [4.78, 5) is 2.58. The summed E-state index contributed by atoms with van der Waals surface area (Å²) < 4.78 is 0. The monoisotopic (exact) mass is 246 g/mol. The van der Waals surface area contributed by atoms with E-state index in [-0.39, 0.29) is 0 Å². The molecule has 0 radical (unpaired) electrons. The minimum Gasteiger partial charge on any atom is -0.315 e. The van der Waals surface area contributed by atoms with Crippen molar-refractivity contribution in [1.29, 1.82) is 0 Å². The Morgan fingerprint density at radius 1 is 1.28 bits per heavy atom. The van der Waals surface area contributed by atoms with Gasteiger partial charge in [-0.1, -0.05) is 44.2 Å². The number of nitrogens with zero attached hydrogens (tertiary/aromatic N) is 1. The van der Waals surface area contributed by atoms with Crippen molar-refractivity contribution < 1.29 is 0 Å². The first-order chi connectivity index (χ1) is 8.68. The number of hydrogen-bond acceptors (Lipinski definition) is 2. The van der Waals surface area contributed by atoms with Crippen molar-refractivity contribution in [3.63, 3.8) is 0 Å². The Balaban J connectivity index is 2.13. The van der Waals surface area contributed by atoms with Gasteiger partial charge in [-0.25, -0.2) is 0 Å². The molecule has 1 N–H and O–H groups in total. The van der Waals surface area contributed by atoms with Gasteiger partial charge in [0, 0.05) is 18.6 Å². The summed E-state index contributed by atoms with van der Waals surface area (Å²) >= 11 is 0. The van der Waals surface area contributed by atoms with Crippen LogP contribution in [-0.4, -0.2) is 31.1 Å². The Hall–Kier alpha value is -0.860. The number of hydrogen-bond donors (Lipinski definition) is 1. The Labute approximate surface area is 111 Å². The van der Waals surface area contributed by atoms with E-state index in [4.69, 9.17) is 0 Å². The molecule has 0 saturated carbocycles. The maximum atomic E-state index is 3.47. The van der Waals surface area contributed by atoms with Crippen molar-refractivity contribution in [1.82, 2.24) is 10.2 Å². The van der Waals surface area contributed by atoms with Crippen molar-refractivity contribution in [2.75, 3.05) is 20.1 Å². The average Bonchev–Trinajstić information content (AvgIpc) is 2.90. The Kier molecular flexibility index (Phi) is 4.79. The third-order valence-electron chi connectivity index (χ3n) is 3.98. The highest BCUT2D eigenvalue weighted by molar-refractivity contribution is 5.19. The van der Waals surface area contributed by atoms with Gasteiger partial charge in [0.1, 0.15) is 0 Å². The smallest absolute Gasteiger partial charge is 0.0350 e. The Morgan fingerprint density at radius 2 is 2.00 bits per heavy atom. The highest BCUT2D eigenvalue weighted by Crippen LogP contribution is 2.29. The third-order valence-corrected chi connectivity index (χ3v) is 3.98. The van der Waals surface area contributed by atoms with Gasteiger partial charge in [0.2, 0.25) is 0 Å². The molecule has 1 saturated heterocycles. The highest BCUT2D eigenvalue weighted by atomic mass is 15.2. The predicted molar refractivity (Wildman–Crippen MR) is 77.7 cm³/mol. The van der Waals surface area contributed by atoms with Crippen molar-refractivity contribution in [2.24, 2.45) is 5.92 Å². The molecule has 1 aliphatic rings. The van der Waals surface area contributed by atoms with Crippen LogP contribution < -0.4 is 5.32 Å². The lowest BCUT2D eigenvalue weighted by Crippen LogP contribution is -2.37. The Morgan fingerprint density at radius 3 is 2.56 bits per heavy atom. The van der Waals surface area contributed by atoms with Crippen LogP contribution in [0, 0.1) is 5.92 Å². The van der Waals surface area contributed by atoms with Crippen LogP contribution in [0.2, 0.25) is 0 Å². The molecule has 0 aliphatic carbocycles. The molecule has 1 heterocycles. The molecule has 2 atom stereocenters. The van der Waals surface area contributed by atoms with E-state index in [0.29, 0.717) is 12.1 Å². The lowest BCUT2D eigenvalue weighted by atomic mass is 9.94. The molecule has 0 spiro atoms. The van der Waals surface area contributed by atoms with Crippen molar-refractivity contribution in [3.05, 3.63) is 35.9 Å². The molecule has 0 bridgehead atoms. The second kappa shape index (κ2) is 6.35. The van der Waals surface area contributed by atoms with Gasteiger partial charge < -0.3 is 5.32 Å². The van der Waals surface area contributed by atoms with E-state index in [9.17, 15) is 0 Å². The minimum absolute atomic E-state index is 0.552. The number of rotatable bonds is 5. The van der Waals surface area contributed by atoms with Gasteiger partial charge in [0.05, 0.1) is 0 Å². The van der Waals surface area contributed by atoms with Gasteiger partial charge >= 0.3 is 0 Å². The van der Waals surface area contributed by atoms with E-state index in [1.54, 1.807) is 0 Å². The summed E-state index contributed by atoms with van der Waals surface area (Å²) in [5, 5.41) is 3.47. The largest absolute Gasteiger partial charge is 0.315 e. The second-order valence-corrected chi connectivity index (χ2v) is 5.87. The first-order valence-electron chi connectivity index (χ1n) is 7.16. The molecular weight excluding hydrogens is 220 g/mol. The van der Waals surface area contributed by atoms with Crippen LogP contribution in [0.5, 0.6) is 0 Å². The zero-order chi connectivity index (χ0) is 13.0. The highest BCUT2D eigenvalue weighted by Gasteiger charge is 2.26. The van der Waals surface area contributed by atoms with E-state index in [2.05, 4.69) is 61.4 Å². The van der Waals surface area contributed by atoms with Gasteiger partial charge in [-0.3, -0.25) is 4.90 Å². The van der Waals surface area contributed by atoms with E-state index < -0.39 is 0 Å². The van der Waals surface area contributed by atoms with E-state index in [1.807, 2.05) is 0 Å². The molecule has 2 rings (SSSR count). The van der Waals surface area contributed by atoms with Crippen LogP contribution in [-0.2, 0) is 0 Å². The fraction of sp³-hybridized carbons (Fsp3) is 0.625. The summed E-state index contributed by atoms with van der Waals surface area (Å²) in [5.41, 5.74) is 1.46. The number of likely N-dealkylation sites (N-methyl/N-ethyl adjacent to an activating group) is 1. The van der Waals surface area contributed by atoms with Crippen LogP contribution in [0.3, 0.4) is 0 Å². The molecule has 2 nitrogen and oxygen atoms in total. The first-order valence-corrected chi connectivity index (χ1v) is 7.16. The zero-order valence-electron chi connectivity index (χ0n) is 11.9. The summed E-state index contributed by atoms with van der Waals surface area (Å²) in [5.74, 6) is 0.729. The zero-order valence-corrected chi connectivity index (χ0v) is 11.9. The molecule has 0 aromatic heterocycles. The second-order valence-electron chi connectivity index (χ2n) is 5.87. The predicted octanol–water partition coefficient (Wildman–Crippen LogP) is 3.07. The molecule has 1 aromatic rings. The summed E-state index contributed by atoms with van der Waals surface area (Å²) in [6.07, 6.45) is 2.51. The first kappa shape index (κ1) is 13.6. The standard InChI is InChI=1S/C16H26N2/c1-13(2)11-16(14-7-5-4-6-8-14)18(3)15-9-10-17-12-15/h4-8,13,15-17H,9-12H2,1-3H3. The maximum Gasteiger partial charge on any atom is 0.0350 e. The van der Waals surface area contributed by atoms with Crippen LogP contribution in [0.15, 0.2) is 30.3 Å². The third kappa shape index (κ3) is 3.33. The Bertz CT molecular complexity index is 341. The number of nitrogens with one attached hydrogen (secondary N) is 1. The van der Waals surface area contributed by atoms with Crippen molar-refractivity contribution in [3.8, 4) is 0 Å². The summed E-state index contributed by atoms with van der Waals surface area (Å²) in [6, 6.07) is 12.2. The fourth-order valence-corrected chi connectivity index (χ4v) is 2.90. The van der Waals surface area contributed by atoms with Gasteiger partial charge in [0.15, 0.2) is 0 Å². The molecule has 0 amide bonds. The van der Waals surface area contributed by atoms with Crippen LogP contribution >= 0.6 is 0 Å². The SMILES string of the molecule is CC(C)CC(c1ccccc1)N(C)C1CCNC1. The van der Waals surface area contributed by atoms with Crippen molar-refractivity contribution in [2.45, 2.75) is 38.8 Å². The lowest BCUT2D eigenvalue weighted by Gasteiger charge is -2.34. The normalized spacial score (nSPS) is 21.7. The van der Waals surface area contributed by atoms with Gasteiger partial charge in [-0.15, -0.1) is 0 Å². The van der Waals surface area contributed by atoms with Crippen LogP contribution in [0.25, 0.3) is 0 Å². The fourth-order valence-electron chi connectivity index (χ4n) is 2.90. The molecule has 1 aliphatic heterocycles. The quantitative estimate of drug-likeness (QED) is 0.859.